The SMILES string of the molecule is CC(=O)N1N=C(C)CC1(C)NCCO. The number of hydrogen-bond acceptors (Lipinski definition) is 4. The van der Waals surface area contributed by atoms with Crippen molar-refractivity contribution in [2.24, 2.45) is 5.10 Å². The summed E-state index contributed by atoms with van der Waals surface area (Å²) in [4.78, 5) is 11.3. The van der Waals surface area contributed by atoms with E-state index in [1.54, 1.807) is 0 Å². The summed E-state index contributed by atoms with van der Waals surface area (Å²) < 4.78 is 0. The number of carbonyl (C=O) groups excluding carboxylic acids is 1. The fourth-order valence-electron chi connectivity index (χ4n) is 1.77. The summed E-state index contributed by atoms with van der Waals surface area (Å²) in [5, 5.41) is 17.4. The van der Waals surface area contributed by atoms with E-state index in [-0.39, 0.29) is 12.5 Å². The van der Waals surface area contributed by atoms with E-state index in [2.05, 4.69) is 10.4 Å². The van der Waals surface area contributed by atoms with Crippen molar-refractivity contribution in [2.75, 3.05) is 13.2 Å². The first kappa shape index (κ1) is 11.1. The third-order valence-electron chi connectivity index (χ3n) is 2.25. The highest BCUT2D eigenvalue weighted by atomic mass is 16.3. The second-order valence-electron chi connectivity index (χ2n) is 3.77. The van der Waals surface area contributed by atoms with Gasteiger partial charge in [-0.3, -0.25) is 10.1 Å². The van der Waals surface area contributed by atoms with Gasteiger partial charge in [0, 0.05) is 25.6 Å². The second kappa shape index (κ2) is 4.06. The van der Waals surface area contributed by atoms with Gasteiger partial charge in [0.05, 0.1) is 6.61 Å². The molecule has 0 aromatic carbocycles. The Kier molecular flexibility index (Phi) is 3.23. The molecule has 2 N–H and O–H groups in total. The number of carbonyl (C=O) groups is 1. The van der Waals surface area contributed by atoms with Crippen LogP contribution in [0.15, 0.2) is 5.10 Å². The van der Waals surface area contributed by atoms with Crippen molar-refractivity contribution in [1.82, 2.24) is 10.3 Å². The molecule has 1 heterocycles. The summed E-state index contributed by atoms with van der Waals surface area (Å²) in [6, 6.07) is 0. The molecule has 1 aliphatic heterocycles. The highest BCUT2D eigenvalue weighted by Gasteiger charge is 2.38. The number of aliphatic hydroxyl groups is 1. The highest BCUT2D eigenvalue weighted by Crippen LogP contribution is 2.24. The van der Waals surface area contributed by atoms with Gasteiger partial charge in [0.15, 0.2) is 0 Å². The first-order chi connectivity index (χ1) is 6.49. The molecule has 1 amide bonds. The molecular weight excluding hydrogens is 182 g/mol. The summed E-state index contributed by atoms with van der Waals surface area (Å²) in [5.74, 6) is -0.0882. The van der Waals surface area contributed by atoms with Crippen LogP contribution in [0.2, 0.25) is 0 Å². The molecule has 1 aliphatic rings. The van der Waals surface area contributed by atoms with Crippen molar-refractivity contribution in [2.45, 2.75) is 32.9 Å². The lowest BCUT2D eigenvalue weighted by Gasteiger charge is -2.32. The molecule has 80 valence electrons. The molecule has 5 heteroatoms. The Morgan fingerprint density at radius 1 is 1.79 bits per heavy atom. The monoisotopic (exact) mass is 199 g/mol. The molecule has 0 aromatic rings. The highest BCUT2D eigenvalue weighted by molar-refractivity contribution is 5.88. The van der Waals surface area contributed by atoms with E-state index in [4.69, 9.17) is 5.11 Å². The summed E-state index contributed by atoms with van der Waals surface area (Å²) >= 11 is 0. The predicted octanol–water partition coefficient (Wildman–Crippen LogP) is -0.0874. The Morgan fingerprint density at radius 2 is 2.43 bits per heavy atom. The number of hydrazone groups is 1. The van der Waals surface area contributed by atoms with Gasteiger partial charge in [-0.1, -0.05) is 0 Å². The van der Waals surface area contributed by atoms with Gasteiger partial charge < -0.3 is 5.11 Å². The lowest BCUT2D eigenvalue weighted by atomic mass is 10.1. The van der Waals surface area contributed by atoms with Crippen molar-refractivity contribution in [1.29, 1.82) is 0 Å². The molecule has 14 heavy (non-hydrogen) atoms. The van der Waals surface area contributed by atoms with Crippen molar-refractivity contribution in [3.05, 3.63) is 0 Å². The second-order valence-corrected chi connectivity index (χ2v) is 3.77. The van der Waals surface area contributed by atoms with Gasteiger partial charge in [0.2, 0.25) is 5.91 Å². The van der Waals surface area contributed by atoms with E-state index in [1.165, 1.54) is 11.9 Å². The average molecular weight is 199 g/mol. The minimum atomic E-state index is -0.474. The Morgan fingerprint density at radius 3 is 2.93 bits per heavy atom. The van der Waals surface area contributed by atoms with Crippen molar-refractivity contribution in [3.8, 4) is 0 Å². The Hall–Kier alpha value is -0.940. The van der Waals surface area contributed by atoms with E-state index >= 15 is 0 Å². The number of amides is 1. The van der Waals surface area contributed by atoms with Gasteiger partial charge in [-0.25, -0.2) is 5.01 Å². The fraction of sp³-hybridized carbons (Fsp3) is 0.778. The zero-order chi connectivity index (χ0) is 10.8. The van der Waals surface area contributed by atoms with Gasteiger partial charge in [-0.2, -0.15) is 5.10 Å². The van der Waals surface area contributed by atoms with E-state index < -0.39 is 5.66 Å². The molecule has 1 unspecified atom stereocenters. The van der Waals surface area contributed by atoms with Gasteiger partial charge in [-0.05, 0) is 13.8 Å². The number of aliphatic hydroxyl groups excluding tert-OH is 1. The van der Waals surface area contributed by atoms with Crippen LogP contribution in [0.25, 0.3) is 0 Å². The smallest absolute Gasteiger partial charge is 0.241 e. The van der Waals surface area contributed by atoms with Crippen LogP contribution in [0, 0.1) is 0 Å². The van der Waals surface area contributed by atoms with Crippen LogP contribution in [0.4, 0.5) is 0 Å². The topological polar surface area (TPSA) is 64.9 Å². The summed E-state index contributed by atoms with van der Waals surface area (Å²) in [6.07, 6.45) is 0.701. The normalized spacial score (nSPS) is 26.6. The Labute approximate surface area is 83.8 Å². The molecular formula is C9H17N3O2. The van der Waals surface area contributed by atoms with Crippen LogP contribution in [0.5, 0.6) is 0 Å². The number of hydrogen-bond donors (Lipinski definition) is 2. The zero-order valence-corrected chi connectivity index (χ0v) is 8.87. The minimum Gasteiger partial charge on any atom is -0.395 e. The van der Waals surface area contributed by atoms with E-state index in [1.807, 2.05) is 13.8 Å². The van der Waals surface area contributed by atoms with Crippen LogP contribution in [-0.2, 0) is 4.79 Å². The maximum absolute atomic E-state index is 11.3. The lowest BCUT2D eigenvalue weighted by Crippen LogP contribution is -2.54. The van der Waals surface area contributed by atoms with Gasteiger partial charge in [-0.15, -0.1) is 0 Å². The van der Waals surface area contributed by atoms with Crippen LogP contribution >= 0.6 is 0 Å². The molecule has 0 aliphatic carbocycles. The van der Waals surface area contributed by atoms with Crippen LogP contribution in [-0.4, -0.2) is 40.5 Å². The van der Waals surface area contributed by atoms with E-state index in [9.17, 15) is 4.79 Å². The lowest BCUT2D eigenvalue weighted by molar-refractivity contribution is -0.134. The summed E-state index contributed by atoms with van der Waals surface area (Å²) in [6.45, 7) is 5.80. The average Bonchev–Trinajstić information content (AvgIpc) is 2.39. The summed E-state index contributed by atoms with van der Waals surface area (Å²) in [7, 11) is 0. The standard InChI is InChI=1S/C9H17N3O2/c1-7-6-9(3,10-4-5-13)12(11-7)8(2)14/h10,13H,4-6H2,1-3H3. The largest absolute Gasteiger partial charge is 0.395 e. The molecule has 0 bridgehead atoms. The maximum atomic E-state index is 11.3. The van der Waals surface area contributed by atoms with E-state index in [0.717, 1.165) is 5.71 Å². The number of nitrogens with zero attached hydrogens (tertiary/aromatic N) is 2. The third-order valence-corrected chi connectivity index (χ3v) is 2.25. The first-order valence-corrected chi connectivity index (χ1v) is 4.70. The van der Waals surface area contributed by atoms with Crippen LogP contribution < -0.4 is 5.32 Å². The Balaban J connectivity index is 2.73. The van der Waals surface area contributed by atoms with Crippen molar-refractivity contribution < 1.29 is 9.90 Å². The van der Waals surface area contributed by atoms with Crippen molar-refractivity contribution >= 4 is 11.6 Å². The Bertz CT molecular complexity index is 265. The van der Waals surface area contributed by atoms with Crippen molar-refractivity contribution in [3.63, 3.8) is 0 Å². The van der Waals surface area contributed by atoms with Gasteiger partial charge in [0.1, 0.15) is 5.66 Å². The number of nitrogens with one attached hydrogen (secondary N) is 1. The first-order valence-electron chi connectivity index (χ1n) is 4.70. The fourth-order valence-corrected chi connectivity index (χ4v) is 1.77. The van der Waals surface area contributed by atoms with Crippen LogP contribution in [0.3, 0.4) is 0 Å². The quantitative estimate of drug-likeness (QED) is 0.667. The third kappa shape index (κ3) is 2.10. The summed E-state index contributed by atoms with van der Waals surface area (Å²) in [5.41, 5.74) is 0.451. The molecule has 0 spiro atoms. The maximum Gasteiger partial charge on any atom is 0.241 e. The predicted molar refractivity (Wildman–Crippen MR) is 53.7 cm³/mol. The molecule has 5 nitrogen and oxygen atoms in total. The van der Waals surface area contributed by atoms with Crippen LogP contribution in [0.1, 0.15) is 27.2 Å². The van der Waals surface area contributed by atoms with Gasteiger partial charge >= 0.3 is 0 Å². The zero-order valence-electron chi connectivity index (χ0n) is 8.87. The molecule has 0 saturated carbocycles. The number of rotatable bonds is 3. The van der Waals surface area contributed by atoms with Gasteiger partial charge in [0.25, 0.3) is 0 Å². The minimum absolute atomic E-state index is 0.0559. The molecule has 1 atom stereocenters. The molecule has 0 saturated heterocycles. The van der Waals surface area contributed by atoms with E-state index in [0.29, 0.717) is 13.0 Å². The molecule has 0 aromatic heterocycles. The molecule has 0 radical (unpaired) electrons. The molecule has 0 fully saturated rings. The molecule has 1 rings (SSSR count).